The fourth-order valence-corrected chi connectivity index (χ4v) is 1.73. The third kappa shape index (κ3) is 2.70. The number of likely N-dealkylation sites (tertiary alicyclic amines) is 1. The summed E-state index contributed by atoms with van der Waals surface area (Å²) in [6.45, 7) is 2.97. The van der Waals surface area contributed by atoms with E-state index in [0.717, 1.165) is 13.0 Å². The lowest BCUT2D eigenvalue weighted by Gasteiger charge is -2.22. The summed E-state index contributed by atoms with van der Waals surface area (Å²) in [6.07, 6.45) is 0.864. The minimum Gasteiger partial charge on any atom is -0.480 e. The molecule has 14 heavy (non-hydrogen) atoms. The summed E-state index contributed by atoms with van der Waals surface area (Å²) in [5, 5.41) is 8.60. The number of aliphatic carboxylic acids is 1. The minimum atomic E-state index is -0.825. The van der Waals surface area contributed by atoms with Gasteiger partial charge in [-0.25, -0.2) is 0 Å². The molecule has 0 saturated carbocycles. The van der Waals surface area contributed by atoms with E-state index in [1.807, 2.05) is 0 Å². The van der Waals surface area contributed by atoms with Crippen molar-refractivity contribution in [1.82, 2.24) is 9.80 Å². The standard InChI is InChI=1S/C9H16N2O3/c1-7(12)11-4-3-8(5-11)10(2)6-9(13)14/h8H,3-6H2,1-2H3,(H,13,14)/t8-/m0/s1. The van der Waals surface area contributed by atoms with Crippen molar-refractivity contribution in [2.75, 3.05) is 26.7 Å². The summed E-state index contributed by atoms with van der Waals surface area (Å²) < 4.78 is 0. The lowest BCUT2D eigenvalue weighted by atomic mass is 10.2. The molecule has 0 spiro atoms. The molecule has 1 fully saturated rings. The van der Waals surface area contributed by atoms with Crippen LogP contribution in [0.15, 0.2) is 0 Å². The van der Waals surface area contributed by atoms with Gasteiger partial charge in [0, 0.05) is 26.1 Å². The van der Waals surface area contributed by atoms with E-state index in [9.17, 15) is 9.59 Å². The number of carbonyl (C=O) groups excluding carboxylic acids is 1. The molecule has 0 aliphatic carbocycles. The summed E-state index contributed by atoms with van der Waals surface area (Å²) in [5.74, 6) is -0.759. The van der Waals surface area contributed by atoms with E-state index in [1.165, 1.54) is 0 Å². The van der Waals surface area contributed by atoms with Crippen LogP contribution in [0.3, 0.4) is 0 Å². The minimum absolute atomic E-state index is 0.0381. The van der Waals surface area contributed by atoms with E-state index in [-0.39, 0.29) is 18.5 Å². The van der Waals surface area contributed by atoms with Gasteiger partial charge in [-0.2, -0.15) is 0 Å². The maximum absolute atomic E-state index is 11.0. The van der Waals surface area contributed by atoms with Crippen LogP contribution in [0.4, 0.5) is 0 Å². The number of carbonyl (C=O) groups is 2. The molecule has 1 heterocycles. The van der Waals surface area contributed by atoms with Crippen molar-refractivity contribution >= 4 is 11.9 Å². The van der Waals surface area contributed by atoms with Crippen LogP contribution >= 0.6 is 0 Å². The van der Waals surface area contributed by atoms with Crippen molar-refractivity contribution in [3.63, 3.8) is 0 Å². The Morgan fingerprint density at radius 2 is 2.21 bits per heavy atom. The van der Waals surface area contributed by atoms with Crippen LogP contribution in [-0.4, -0.2) is 59.5 Å². The lowest BCUT2D eigenvalue weighted by Crippen LogP contribution is -2.38. The number of rotatable bonds is 3. The second-order valence-corrected chi connectivity index (χ2v) is 3.72. The van der Waals surface area contributed by atoms with Crippen LogP contribution in [0, 0.1) is 0 Å². The van der Waals surface area contributed by atoms with E-state index >= 15 is 0 Å². The van der Waals surface area contributed by atoms with E-state index in [2.05, 4.69) is 0 Å². The summed E-state index contributed by atoms with van der Waals surface area (Å²) in [5.41, 5.74) is 0. The molecule has 0 aromatic rings. The fourth-order valence-electron chi connectivity index (χ4n) is 1.73. The highest BCUT2D eigenvalue weighted by molar-refractivity contribution is 5.73. The second kappa shape index (κ2) is 4.41. The van der Waals surface area contributed by atoms with Crippen molar-refractivity contribution in [2.24, 2.45) is 0 Å². The van der Waals surface area contributed by atoms with E-state index in [4.69, 9.17) is 5.11 Å². The van der Waals surface area contributed by atoms with Gasteiger partial charge in [0.15, 0.2) is 0 Å². The molecular formula is C9H16N2O3. The highest BCUT2D eigenvalue weighted by atomic mass is 16.4. The first kappa shape index (κ1) is 11.0. The Hall–Kier alpha value is -1.10. The van der Waals surface area contributed by atoms with Crippen LogP contribution < -0.4 is 0 Å². The predicted molar refractivity (Wildman–Crippen MR) is 50.9 cm³/mol. The van der Waals surface area contributed by atoms with Crippen molar-refractivity contribution in [2.45, 2.75) is 19.4 Å². The molecule has 0 unspecified atom stereocenters. The molecule has 5 nitrogen and oxygen atoms in total. The third-order valence-corrected chi connectivity index (χ3v) is 2.62. The fraction of sp³-hybridized carbons (Fsp3) is 0.778. The number of carboxylic acids is 1. The number of amides is 1. The summed E-state index contributed by atoms with van der Waals surface area (Å²) in [7, 11) is 1.78. The summed E-state index contributed by atoms with van der Waals surface area (Å²) in [4.78, 5) is 25.0. The molecule has 5 heteroatoms. The van der Waals surface area contributed by atoms with Gasteiger partial charge >= 0.3 is 5.97 Å². The van der Waals surface area contributed by atoms with Crippen LogP contribution in [0.1, 0.15) is 13.3 Å². The highest BCUT2D eigenvalue weighted by Gasteiger charge is 2.27. The Kier molecular flexibility index (Phi) is 3.46. The monoisotopic (exact) mass is 200 g/mol. The zero-order valence-electron chi connectivity index (χ0n) is 8.56. The number of carboxylic acid groups (broad SMARTS) is 1. The van der Waals surface area contributed by atoms with Gasteiger partial charge in [0.2, 0.25) is 5.91 Å². The molecule has 1 N–H and O–H groups in total. The topological polar surface area (TPSA) is 60.9 Å². The SMILES string of the molecule is CC(=O)N1CC[C@H](N(C)CC(=O)O)C1. The van der Waals surface area contributed by atoms with Gasteiger partial charge in [-0.3, -0.25) is 14.5 Å². The quantitative estimate of drug-likeness (QED) is 0.675. The van der Waals surface area contributed by atoms with Crippen LogP contribution in [-0.2, 0) is 9.59 Å². The first-order valence-corrected chi connectivity index (χ1v) is 4.68. The molecule has 0 bridgehead atoms. The zero-order valence-corrected chi connectivity index (χ0v) is 8.56. The van der Waals surface area contributed by atoms with Crippen molar-refractivity contribution in [3.8, 4) is 0 Å². The third-order valence-electron chi connectivity index (χ3n) is 2.62. The first-order valence-electron chi connectivity index (χ1n) is 4.68. The van der Waals surface area contributed by atoms with Gasteiger partial charge in [0.25, 0.3) is 0 Å². The largest absolute Gasteiger partial charge is 0.480 e. The molecule has 0 aromatic heterocycles. The van der Waals surface area contributed by atoms with Gasteiger partial charge in [0.1, 0.15) is 0 Å². The van der Waals surface area contributed by atoms with Gasteiger partial charge < -0.3 is 10.0 Å². The average molecular weight is 200 g/mol. The Morgan fingerprint density at radius 1 is 1.57 bits per heavy atom. The number of hydrogen-bond acceptors (Lipinski definition) is 3. The van der Waals surface area contributed by atoms with Crippen LogP contribution in [0.25, 0.3) is 0 Å². The van der Waals surface area contributed by atoms with Crippen molar-refractivity contribution < 1.29 is 14.7 Å². The maximum atomic E-state index is 11.0. The Balaban J connectivity index is 2.41. The normalized spacial score (nSPS) is 21.6. The van der Waals surface area contributed by atoms with Gasteiger partial charge in [-0.15, -0.1) is 0 Å². The molecular weight excluding hydrogens is 184 g/mol. The van der Waals surface area contributed by atoms with Crippen LogP contribution in [0.2, 0.25) is 0 Å². The highest BCUT2D eigenvalue weighted by Crippen LogP contribution is 2.13. The molecule has 1 amide bonds. The van der Waals surface area contributed by atoms with Gasteiger partial charge in [0.05, 0.1) is 6.54 Å². The summed E-state index contributed by atoms with van der Waals surface area (Å²) >= 11 is 0. The molecule has 1 aliphatic rings. The van der Waals surface area contributed by atoms with Crippen molar-refractivity contribution in [3.05, 3.63) is 0 Å². The van der Waals surface area contributed by atoms with Crippen LogP contribution in [0.5, 0.6) is 0 Å². The Bertz CT molecular complexity index is 242. The van der Waals surface area contributed by atoms with E-state index in [0.29, 0.717) is 6.54 Å². The average Bonchev–Trinajstić information content (AvgIpc) is 2.50. The second-order valence-electron chi connectivity index (χ2n) is 3.72. The summed E-state index contributed by atoms with van der Waals surface area (Å²) in [6, 6.07) is 0.190. The zero-order chi connectivity index (χ0) is 10.7. The number of hydrogen-bond donors (Lipinski definition) is 1. The molecule has 1 rings (SSSR count). The lowest BCUT2D eigenvalue weighted by molar-refractivity contribution is -0.138. The smallest absolute Gasteiger partial charge is 0.317 e. The molecule has 1 aliphatic heterocycles. The first-order chi connectivity index (χ1) is 6.50. The van der Waals surface area contributed by atoms with E-state index < -0.39 is 5.97 Å². The number of likely N-dealkylation sites (N-methyl/N-ethyl adjacent to an activating group) is 1. The molecule has 80 valence electrons. The Morgan fingerprint density at radius 3 is 2.64 bits per heavy atom. The molecule has 1 saturated heterocycles. The molecule has 0 radical (unpaired) electrons. The Labute approximate surface area is 83.3 Å². The number of nitrogens with zero attached hydrogens (tertiary/aromatic N) is 2. The predicted octanol–water partition coefficient (Wildman–Crippen LogP) is -0.376. The van der Waals surface area contributed by atoms with Crippen molar-refractivity contribution in [1.29, 1.82) is 0 Å². The van der Waals surface area contributed by atoms with Gasteiger partial charge in [-0.1, -0.05) is 0 Å². The maximum Gasteiger partial charge on any atom is 0.317 e. The van der Waals surface area contributed by atoms with Gasteiger partial charge in [-0.05, 0) is 13.5 Å². The molecule has 1 atom stereocenters. The molecule has 0 aromatic carbocycles. The van der Waals surface area contributed by atoms with E-state index in [1.54, 1.807) is 23.8 Å².